The van der Waals surface area contributed by atoms with Gasteiger partial charge in [0.15, 0.2) is 5.82 Å². The number of piperidine rings is 1. The van der Waals surface area contributed by atoms with E-state index in [1.165, 1.54) is 22.9 Å². The van der Waals surface area contributed by atoms with Gasteiger partial charge in [0.1, 0.15) is 5.69 Å². The molecule has 200 valence electrons. The van der Waals surface area contributed by atoms with Crippen LogP contribution in [0.3, 0.4) is 0 Å². The van der Waals surface area contributed by atoms with Crippen molar-refractivity contribution in [2.75, 3.05) is 18.4 Å². The quantitative estimate of drug-likeness (QED) is 0.353. The molecule has 1 saturated heterocycles. The monoisotopic (exact) mass is 522 g/mol. The summed E-state index contributed by atoms with van der Waals surface area (Å²) in [4.78, 5) is 32.1. The lowest BCUT2D eigenvalue weighted by atomic mass is 10.0. The molecule has 8 nitrogen and oxygen atoms in total. The number of aromatic nitrogens is 3. The van der Waals surface area contributed by atoms with E-state index in [0.717, 1.165) is 38.0 Å². The molecule has 2 aromatic heterocycles. The molecule has 0 radical (unpaired) electrons. The minimum atomic E-state index is -0.323. The van der Waals surface area contributed by atoms with Crippen LogP contribution in [0.15, 0.2) is 79.1 Å². The van der Waals surface area contributed by atoms with E-state index in [0.29, 0.717) is 23.6 Å². The van der Waals surface area contributed by atoms with E-state index in [4.69, 9.17) is 0 Å². The Hall–Kier alpha value is -4.30. The molecule has 0 atom stereocenters. The minimum Gasteiger partial charge on any atom is -0.348 e. The van der Waals surface area contributed by atoms with Crippen LogP contribution in [-0.4, -0.2) is 50.6 Å². The minimum absolute atomic E-state index is 0.117. The summed E-state index contributed by atoms with van der Waals surface area (Å²) in [6, 6.07) is 22.0. The van der Waals surface area contributed by atoms with Gasteiger partial charge in [0.25, 0.3) is 11.8 Å². The number of hydrogen-bond acceptors (Lipinski definition) is 5. The lowest BCUT2D eigenvalue weighted by Crippen LogP contribution is -2.44. The third-order valence-electron chi connectivity index (χ3n) is 7.06. The van der Waals surface area contributed by atoms with Crippen LogP contribution in [0.2, 0.25) is 0 Å². The molecule has 1 fully saturated rings. The van der Waals surface area contributed by atoms with Crippen LogP contribution >= 0.6 is 0 Å². The van der Waals surface area contributed by atoms with Gasteiger partial charge in [0.05, 0.1) is 12.1 Å². The number of benzene rings is 2. The van der Waals surface area contributed by atoms with Gasteiger partial charge in [-0.1, -0.05) is 59.7 Å². The Kier molecular flexibility index (Phi) is 8.13. The molecule has 3 heterocycles. The first kappa shape index (κ1) is 26.3. The van der Waals surface area contributed by atoms with Crippen LogP contribution in [0, 0.1) is 13.8 Å². The lowest BCUT2D eigenvalue weighted by Gasteiger charge is -2.32. The Morgan fingerprint density at radius 2 is 1.46 bits per heavy atom. The van der Waals surface area contributed by atoms with Gasteiger partial charge >= 0.3 is 0 Å². The number of likely N-dealkylation sites (tertiary alicyclic amines) is 1. The zero-order valence-electron chi connectivity index (χ0n) is 22.4. The molecule has 0 spiro atoms. The Morgan fingerprint density at radius 3 is 2.08 bits per heavy atom. The van der Waals surface area contributed by atoms with E-state index in [9.17, 15) is 9.59 Å². The van der Waals surface area contributed by atoms with E-state index in [1.807, 2.05) is 6.20 Å². The lowest BCUT2D eigenvalue weighted by molar-refractivity contribution is 0.0902. The predicted molar refractivity (Wildman–Crippen MR) is 152 cm³/mol. The van der Waals surface area contributed by atoms with Crippen molar-refractivity contribution in [1.82, 2.24) is 25.0 Å². The summed E-state index contributed by atoms with van der Waals surface area (Å²) in [6.45, 7) is 7.57. The third-order valence-corrected chi connectivity index (χ3v) is 7.06. The highest BCUT2D eigenvalue weighted by Crippen LogP contribution is 2.15. The fraction of sp³-hybridized carbons (Fsp3) is 0.290. The Bertz CT molecular complexity index is 1400. The van der Waals surface area contributed by atoms with Gasteiger partial charge in [-0.05, 0) is 49.9 Å². The molecular formula is C31H34N6O2. The number of amides is 2. The summed E-state index contributed by atoms with van der Waals surface area (Å²) in [5.74, 6) is -0.0764. The average Bonchev–Trinajstić information content (AvgIpc) is 3.39. The molecule has 0 bridgehead atoms. The Morgan fingerprint density at radius 1 is 0.821 bits per heavy atom. The summed E-state index contributed by atoms with van der Waals surface area (Å²) >= 11 is 0. The molecule has 2 N–H and O–H groups in total. The van der Waals surface area contributed by atoms with Gasteiger partial charge in [-0.3, -0.25) is 24.2 Å². The van der Waals surface area contributed by atoms with Crippen molar-refractivity contribution < 1.29 is 9.59 Å². The first-order chi connectivity index (χ1) is 18.9. The highest BCUT2D eigenvalue weighted by Gasteiger charge is 2.22. The summed E-state index contributed by atoms with van der Waals surface area (Å²) in [6.07, 6.45) is 5.05. The number of aryl methyl sites for hydroxylation is 2. The van der Waals surface area contributed by atoms with E-state index in [-0.39, 0.29) is 17.9 Å². The summed E-state index contributed by atoms with van der Waals surface area (Å²) < 4.78 is 1.78. The van der Waals surface area contributed by atoms with Crippen LogP contribution in [-0.2, 0) is 13.1 Å². The second-order valence-corrected chi connectivity index (χ2v) is 10.3. The standard InChI is InChI=1S/C31H34N6O2/c1-22-3-7-24(8-4-22)20-36-16-13-27(14-17-36)33-31(39)28-12-11-26(19-32-28)30(38)34-29-15-18-37(35-29)21-25-9-5-23(2)6-10-25/h3-12,15,18-19,27H,13-14,16-17,20-21H2,1-2H3,(H,33,39)(H,34,35,38). The molecule has 4 aromatic rings. The highest BCUT2D eigenvalue weighted by molar-refractivity contribution is 6.04. The zero-order chi connectivity index (χ0) is 27.2. The third kappa shape index (κ3) is 7.18. The number of pyridine rings is 1. The number of nitrogens with zero attached hydrogens (tertiary/aromatic N) is 4. The molecule has 0 unspecified atom stereocenters. The second kappa shape index (κ2) is 12.0. The van der Waals surface area contributed by atoms with E-state index in [2.05, 4.69) is 88.0 Å². The number of carbonyl (C=O) groups is 2. The Labute approximate surface area is 229 Å². The maximum Gasteiger partial charge on any atom is 0.270 e. The van der Waals surface area contributed by atoms with Crippen molar-refractivity contribution in [3.8, 4) is 0 Å². The van der Waals surface area contributed by atoms with Gasteiger partial charge in [-0.25, -0.2) is 0 Å². The van der Waals surface area contributed by atoms with Crippen molar-refractivity contribution in [1.29, 1.82) is 0 Å². The molecule has 5 rings (SSSR count). The van der Waals surface area contributed by atoms with Crippen molar-refractivity contribution in [2.45, 2.75) is 45.8 Å². The largest absolute Gasteiger partial charge is 0.348 e. The van der Waals surface area contributed by atoms with Crippen LogP contribution in [0.4, 0.5) is 5.82 Å². The van der Waals surface area contributed by atoms with Crippen molar-refractivity contribution >= 4 is 17.6 Å². The fourth-order valence-electron chi connectivity index (χ4n) is 4.69. The SMILES string of the molecule is Cc1ccc(CN2CCC(NC(=O)c3ccc(C(=O)Nc4ccn(Cc5ccc(C)cc5)n4)cn3)CC2)cc1. The second-order valence-electron chi connectivity index (χ2n) is 10.3. The van der Waals surface area contributed by atoms with Gasteiger partial charge in [0.2, 0.25) is 0 Å². The molecule has 1 aliphatic rings. The van der Waals surface area contributed by atoms with E-state index < -0.39 is 0 Å². The molecule has 39 heavy (non-hydrogen) atoms. The van der Waals surface area contributed by atoms with Crippen LogP contribution < -0.4 is 10.6 Å². The highest BCUT2D eigenvalue weighted by atomic mass is 16.2. The van der Waals surface area contributed by atoms with Gasteiger partial charge < -0.3 is 10.6 Å². The predicted octanol–water partition coefficient (Wildman–Crippen LogP) is 4.59. The Balaban J connectivity index is 1.08. The smallest absolute Gasteiger partial charge is 0.270 e. The topological polar surface area (TPSA) is 92.2 Å². The van der Waals surface area contributed by atoms with Crippen molar-refractivity contribution in [3.63, 3.8) is 0 Å². The first-order valence-electron chi connectivity index (χ1n) is 13.4. The summed E-state index contributed by atoms with van der Waals surface area (Å²) in [5, 5.41) is 10.3. The molecular weight excluding hydrogens is 488 g/mol. The van der Waals surface area contributed by atoms with Crippen LogP contribution in [0.25, 0.3) is 0 Å². The van der Waals surface area contributed by atoms with Crippen LogP contribution in [0.1, 0.15) is 55.9 Å². The normalized spacial score (nSPS) is 14.2. The number of carbonyl (C=O) groups excluding carboxylic acids is 2. The van der Waals surface area contributed by atoms with E-state index in [1.54, 1.807) is 22.9 Å². The van der Waals surface area contributed by atoms with Crippen LogP contribution in [0.5, 0.6) is 0 Å². The fourth-order valence-corrected chi connectivity index (χ4v) is 4.69. The number of anilines is 1. The molecule has 1 aliphatic heterocycles. The molecule has 2 amide bonds. The molecule has 2 aromatic carbocycles. The van der Waals surface area contributed by atoms with Crippen molar-refractivity contribution in [3.05, 3.63) is 113 Å². The summed E-state index contributed by atoms with van der Waals surface area (Å²) in [7, 11) is 0. The maximum atomic E-state index is 12.8. The zero-order valence-corrected chi connectivity index (χ0v) is 22.4. The number of nitrogens with one attached hydrogen (secondary N) is 2. The van der Waals surface area contributed by atoms with Gasteiger partial charge in [-0.15, -0.1) is 0 Å². The summed E-state index contributed by atoms with van der Waals surface area (Å²) in [5.41, 5.74) is 5.59. The molecule has 0 saturated carbocycles. The average molecular weight is 523 g/mol. The number of hydrogen-bond donors (Lipinski definition) is 2. The van der Waals surface area contributed by atoms with Crippen molar-refractivity contribution in [2.24, 2.45) is 0 Å². The van der Waals surface area contributed by atoms with Gasteiger partial charge in [-0.2, -0.15) is 5.10 Å². The number of rotatable bonds is 8. The molecule has 8 heteroatoms. The first-order valence-corrected chi connectivity index (χ1v) is 13.4. The molecule has 0 aliphatic carbocycles. The maximum absolute atomic E-state index is 12.8. The van der Waals surface area contributed by atoms with E-state index >= 15 is 0 Å². The van der Waals surface area contributed by atoms with Gasteiger partial charge in [0, 0.05) is 44.1 Å².